The number of hydrogen-bond acceptors (Lipinski definition) is 9. The van der Waals surface area contributed by atoms with E-state index in [1.54, 1.807) is 30.3 Å². The fourth-order valence-electron chi connectivity index (χ4n) is 2.90. The molecule has 35 heavy (non-hydrogen) atoms. The van der Waals surface area contributed by atoms with Gasteiger partial charge in [-0.1, -0.05) is 30.3 Å². The smallest absolute Gasteiger partial charge is 0.408 e. The van der Waals surface area contributed by atoms with E-state index in [2.05, 4.69) is 21.3 Å². The molecule has 2 unspecified atom stereocenters. The number of alkyl carbamates (subject to hydrolysis) is 1. The molecule has 1 fully saturated rings. The Bertz CT molecular complexity index is 1080. The molecule has 1 aromatic rings. The van der Waals surface area contributed by atoms with Crippen LogP contribution in [0, 0.1) is 0 Å². The molecule has 2 atom stereocenters. The Kier molecular flexibility index (Phi) is 9.10. The van der Waals surface area contributed by atoms with E-state index < -0.39 is 71.3 Å². The van der Waals surface area contributed by atoms with Gasteiger partial charge >= 0.3 is 16.4 Å². The Morgan fingerprint density at radius 1 is 1.17 bits per heavy atom. The van der Waals surface area contributed by atoms with Crippen LogP contribution in [-0.4, -0.2) is 86.0 Å². The Hall–Kier alpha value is -3.76. The zero-order valence-corrected chi connectivity index (χ0v) is 19.6. The minimum absolute atomic E-state index is 0.0831. The first-order valence-electron chi connectivity index (χ1n) is 10.0. The standard InChI is InChI=1S/C19H25N5O10S/c1-20-14(25)8-13(22-18(29)34-10-12-6-4-3-5-7-12)16(27)21-9-15(26)23-19(33-2)11-24(17(19)28)35(30,31)32/h3-7,13H,8-11H2,1-2H3,(H,20,25)(H,21,27)(H,22,29)(H,23,26)(H,30,31,32). The van der Waals surface area contributed by atoms with Crippen molar-refractivity contribution in [3.8, 4) is 0 Å². The van der Waals surface area contributed by atoms with Gasteiger partial charge in [0.2, 0.25) is 23.4 Å². The lowest BCUT2D eigenvalue weighted by Gasteiger charge is -2.44. The van der Waals surface area contributed by atoms with E-state index in [0.29, 0.717) is 5.56 Å². The predicted molar refractivity (Wildman–Crippen MR) is 116 cm³/mol. The van der Waals surface area contributed by atoms with Crippen LogP contribution in [0.2, 0.25) is 0 Å². The van der Waals surface area contributed by atoms with Crippen molar-refractivity contribution in [1.29, 1.82) is 0 Å². The first-order valence-corrected chi connectivity index (χ1v) is 11.4. The molecule has 1 aliphatic rings. The number of amides is 5. The molecule has 0 bridgehead atoms. The highest BCUT2D eigenvalue weighted by molar-refractivity contribution is 7.84. The summed E-state index contributed by atoms with van der Waals surface area (Å²) in [6, 6.07) is 7.31. The number of benzene rings is 1. The number of carbonyl (C=O) groups is 5. The minimum atomic E-state index is -4.82. The van der Waals surface area contributed by atoms with E-state index in [4.69, 9.17) is 14.0 Å². The maximum atomic E-state index is 12.5. The molecular weight excluding hydrogens is 490 g/mol. The second-order valence-electron chi connectivity index (χ2n) is 7.22. The second kappa shape index (κ2) is 11.6. The molecule has 15 nitrogen and oxygen atoms in total. The first kappa shape index (κ1) is 27.5. The Morgan fingerprint density at radius 2 is 1.83 bits per heavy atom. The molecule has 2 rings (SSSR count). The fraction of sp³-hybridized carbons (Fsp3) is 0.421. The number of hydrogen-bond donors (Lipinski definition) is 5. The molecule has 0 aromatic heterocycles. The quantitative estimate of drug-likeness (QED) is 0.120. The maximum Gasteiger partial charge on any atom is 0.408 e. The van der Waals surface area contributed by atoms with Gasteiger partial charge in [-0.3, -0.25) is 23.7 Å². The van der Waals surface area contributed by atoms with E-state index in [-0.39, 0.29) is 10.9 Å². The monoisotopic (exact) mass is 515 g/mol. The normalized spacial score (nSPS) is 18.0. The van der Waals surface area contributed by atoms with Gasteiger partial charge in [0, 0.05) is 14.2 Å². The third-order valence-corrected chi connectivity index (χ3v) is 5.67. The molecule has 16 heteroatoms. The predicted octanol–water partition coefficient (Wildman–Crippen LogP) is -2.36. The highest BCUT2D eigenvalue weighted by Gasteiger charge is 2.58. The second-order valence-corrected chi connectivity index (χ2v) is 8.56. The van der Waals surface area contributed by atoms with Gasteiger partial charge in [-0.2, -0.15) is 8.42 Å². The summed E-state index contributed by atoms with van der Waals surface area (Å²) in [7, 11) is -2.47. The average Bonchev–Trinajstić information content (AvgIpc) is 2.82. The number of rotatable bonds is 11. The number of nitrogens with one attached hydrogen (secondary N) is 4. The van der Waals surface area contributed by atoms with Crippen molar-refractivity contribution in [3.63, 3.8) is 0 Å². The van der Waals surface area contributed by atoms with Gasteiger partial charge in [0.25, 0.3) is 5.91 Å². The first-order chi connectivity index (χ1) is 16.4. The zero-order chi connectivity index (χ0) is 26.2. The summed E-state index contributed by atoms with van der Waals surface area (Å²) in [5, 5.41) is 8.86. The topological polar surface area (TPSA) is 210 Å². The van der Waals surface area contributed by atoms with Crippen molar-refractivity contribution < 1.29 is 46.4 Å². The Balaban J connectivity index is 1.92. The van der Waals surface area contributed by atoms with Gasteiger partial charge < -0.3 is 30.7 Å². The zero-order valence-electron chi connectivity index (χ0n) is 18.8. The van der Waals surface area contributed by atoms with Crippen molar-refractivity contribution in [1.82, 2.24) is 25.6 Å². The Morgan fingerprint density at radius 3 is 2.37 bits per heavy atom. The van der Waals surface area contributed by atoms with E-state index in [1.807, 2.05) is 0 Å². The van der Waals surface area contributed by atoms with Crippen LogP contribution in [0.1, 0.15) is 12.0 Å². The summed E-state index contributed by atoms with van der Waals surface area (Å²) in [4.78, 5) is 60.6. The van der Waals surface area contributed by atoms with Crippen molar-refractivity contribution in [2.75, 3.05) is 27.2 Å². The molecule has 0 radical (unpaired) electrons. The van der Waals surface area contributed by atoms with Crippen molar-refractivity contribution in [2.45, 2.75) is 24.8 Å². The largest absolute Gasteiger partial charge is 0.445 e. The fourth-order valence-corrected chi connectivity index (χ4v) is 3.60. The van der Waals surface area contributed by atoms with Gasteiger partial charge in [0.1, 0.15) is 12.6 Å². The van der Waals surface area contributed by atoms with Crippen LogP contribution < -0.4 is 21.3 Å². The summed E-state index contributed by atoms with van der Waals surface area (Å²) in [5.74, 6) is -3.68. The average molecular weight is 516 g/mol. The molecular formula is C19H25N5O10S. The van der Waals surface area contributed by atoms with Crippen molar-refractivity contribution in [2.24, 2.45) is 0 Å². The third kappa shape index (κ3) is 7.36. The van der Waals surface area contributed by atoms with E-state index in [0.717, 1.165) is 7.11 Å². The van der Waals surface area contributed by atoms with Gasteiger partial charge in [-0.15, -0.1) is 0 Å². The van der Waals surface area contributed by atoms with Gasteiger partial charge in [0.15, 0.2) is 0 Å². The third-order valence-electron chi connectivity index (χ3n) is 4.82. The van der Waals surface area contributed by atoms with Crippen LogP contribution >= 0.6 is 0 Å². The van der Waals surface area contributed by atoms with Gasteiger partial charge in [0.05, 0.1) is 19.5 Å². The van der Waals surface area contributed by atoms with Crippen molar-refractivity contribution in [3.05, 3.63) is 35.9 Å². The van der Waals surface area contributed by atoms with Gasteiger partial charge in [-0.25, -0.2) is 9.10 Å². The van der Waals surface area contributed by atoms with Crippen LogP contribution in [0.25, 0.3) is 0 Å². The molecule has 1 saturated heterocycles. The molecule has 1 aromatic carbocycles. The minimum Gasteiger partial charge on any atom is -0.445 e. The number of methoxy groups -OCH3 is 1. The molecule has 192 valence electrons. The molecule has 5 amide bonds. The summed E-state index contributed by atoms with van der Waals surface area (Å²) in [6.07, 6.45) is -1.44. The van der Waals surface area contributed by atoms with E-state index >= 15 is 0 Å². The molecule has 1 aliphatic heterocycles. The lowest BCUT2D eigenvalue weighted by molar-refractivity contribution is -0.180. The van der Waals surface area contributed by atoms with Gasteiger partial charge in [-0.05, 0) is 5.56 Å². The van der Waals surface area contributed by atoms with Crippen LogP contribution in [0.5, 0.6) is 0 Å². The molecule has 0 spiro atoms. The van der Waals surface area contributed by atoms with Crippen LogP contribution in [0.3, 0.4) is 0 Å². The van der Waals surface area contributed by atoms with E-state index in [1.165, 1.54) is 7.05 Å². The molecule has 0 aliphatic carbocycles. The lowest BCUT2D eigenvalue weighted by Crippen LogP contribution is -2.76. The maximum absolute atomic E-state index is 12.5. The summed E-state index contributed by atoms with van der Waals surface area (Å²) < 4.78 is 41.1. The Labute approximate surface area is 200 Å². The van der Waals surface area contributed by atoms with Crippen LogP contribution in [-0.2, 0) is 45.6 Å². The summed E-state index contributed by atoms with van der Waals surface area (Å²) in [6.45, 7) is -1.49. The lowest BCUT2D eigenvalue weighted by atomic mass is 10.1. The number of nitrogens with zero attached hydrogens (tertiary/aromatic N) is 1. The highest BCUT2D eigenvalue weighted by Crippen LogP contribution is 2.26. The number of carbonyl (C=O) groups excluding carboxylic acids is 5. The summed E-state index contributed by atoms with van der Waals surface area (Å²) in [5.41, 5.74) is -1.35. The SMILES string of the molecule is CNC(=O)CC(NC(=O)OCc1ccccc1)C(=O)NCC(=O)NC1(OC)CN(S(=O)(=O)O)C1=O. The van der Waals surface area contributed by atoms with Crippen LogP contribution in [0.15, 0.2) is 30.3 Å². The molecule has 0 saturated carbocycles. The highest BCUT2D eigenvalue weighted by atomic mass is 32.2. The number of β-lactam (4-membered cyclic amide) rings is 1. The number of ether oxygens (including phenoxy) is 2. The molecule has 1 heterocycles. The van der Waals surface area contributed by atoms with Crippen molar-refractivity contribution >= 4 is 40.0 Å². The molecule has 5 N–H and O–H groups in total. The summed E-state index contributed by atoms with van der Waals surface area (Å²) >= 11 is 0. The van der Waals surface area contributed by atoms with E-state index in [9.17, 15) is 32.4 Å². The van der Waals surface area contributed by atoms with Crippen LogP contribution in [0.4, 0.5) is 4.79 Å².